The molecule has 1 unspecified atom stereocenters. The smallest absolute Gasteiger partial charge is 0.810 e. The van der Waals surface area contributed by atoms with Crippen molar-refractivity contribution in [1.82, 2.24) is 0 Å². The minimum absolute atomic E-state index is 0. The third kappa shape index (κ3) is 15.1. The molecule has 0 radical (unpaired) electrons. The van der Waals surface area contributed by atoms with Crippen LogP contribution in [-0.2, 0) is 14.2 Å². The standard InChI is InChI=1S/C4H7O7P.4Na/c5-3(6)1-2(4(7)8)12(9,10)11;;;;/h2H,1H2,(H,5,6)(H,7,8)(H2,9,10,11);;;;/q;4*+1/p-4. The number of carboxylic acids is 2. The SMILES string of the molecule is O=C([O-])CC(C(=O)[O-])P(=O)([O-])[O-].[Na+].[Na+].[Na+].[Na+]. The first-order valence-electron chi connectivity index (χ1n) is 2.67. The van der Waals surface area contributed by atoms with Crippen molar-refractivity contribution in [2.75, 3.05) is 0 Å². The van der Waals surface area contributed by atoms with Crippen LogP contribution in [0.2, 0.25) is 0 Å². The van der Waals surface area contributed by atoms with E-state index in [2.05, 4.69) is 0 Å². The van der Waals surface area contributed by atoms with Gasteiger partial charge in [0.2, 0.25) is 0 Å². The van der Waals surface area contributed by atoms with Crippen LogP contribution in [0, 0.1) is 0 Å². The molecule has 1 atom stereocenters. The quantitative estimate of drug-likeness (QED) is 0.368. The number of carboxylic acid groups (broad SMARTS) is 2. The van der Waals surface area contributed by atoms with Gasteiger partial charge in [0.25, 0.3) is 0 Å². The second kappa shape index (κ2) is 14.5. The Bertz CT molecular complexity index is 253. The molecule has 0 heterocycles. The third-order valence-corrected chi connectivity index (χ3v) is 2.17. The van der Waals surface area contributed by atoms with Gasteiger partial charge in [-0.15, -0.1) is 0 Å². The first-order chi connectivity index (χ1) is 5.25. The Morgan fingerprint density at radius 2 is 1.31 bits per heavy atom. The molecule has 0 saturated heterocycles. The molecular weight excluding hydrogens is 283 g/mol. The summed E-state index contributed by atoms with van der Waals surface area (Å²) in [5.74, 6) is -4.16. The fourth-order valence-corrected chi connectivity index (χ4v) is 1.11. The molecule has 0 aliphatic rings. The maximum Gasteiger partial charge on any atom is 1.00 e. The topological polar surface area (TPSA) is 143 Å². The Hall–Kier alpha value is 3.09. The predicted molar refractivity (Wildman–Crippen MR) is 26.0 cm³/mol. The van der Waals surface area contributed by atoms with Gasteiger partial charge in [0.1, 0.15) is 0 Å². The van der Waals surface area contributed by atoms with Crippen LogP contribution in [0.15, 0.2) is 0 Å². The zero-order chi connectivity index (χ0) is 9.94. The summed E-state index contributed by atoms with van der Waals surface area (Å²) in [5, 5.41) is 19.7. The zero-order valence-electron chi connectivity index (χ0n) is 9.59. The van der Waals surface area contributed by atoms with Crippen molar-refractivity contribution in [1.29, 1.82) is 0 Å². The molecule has 0 aromatic heterocycles. The number of carbonyl (C=O) groups excluding carboxylic acids is 2. The molecule has 0 amide bonds. The summed E-state index contributed by atoms with van der Waals surface area (Å²) in [4.78, 5) is 39.8. The third-order valence-electron chi connectivity index (χ3n) is 1.01. The average Bonchev–Trinajstić information content (AvgIpc) is 1.79. The molecule has 12 heteroatoms. The number of hydrogen-bond donors (Lipinski definition) is 0. The molecule has 7 nitrogen and oxygen atoms in total. The van der Waals surface area contributed by atoms with Gasteiger partial charge in [-0.25, -0.2) is 0 Å². The maximum atomic E-state index is 10.1. The summed E-state index contributed by atoms with van der Waals surface area (Å²) in [7, 11) is -5.47. The molecule has 0 fully saturated rings. The summed E-state index contributed by atoms with van der Waals surface area (Å²) in [6, 6.07) is 0. The fraction of sp³-hybridized carbons (Fsp3) is 0.500. The van der Waals surface area contributed by atoms with E-state index in [1.54, 1.807) is 0 Å². The molecule has 0 aromatic carbocycles. The second-order valence-electron chi connectivity index (χ2n) is 1.95. The van der Waals surface area contributed by atoms with Crippen LogP contribution in [0.1, 0.15) is 6.42 Å². The largest absolute Gasteiger partial charge is 1.00 e. The predicted octanol–water partition coefficient (Wildman–Crippen LogP) is -16.8. The van der Waals surface area contributed by atoms with Crippen molar-refractivity contribution in [3.8, 4) is 0 Å². The van der Waals surface area contributed by atoms with Crippen molar-refractivity contribution in [3.63, 3.8) is 0 Å². The van der Waals surface area contributed by atoms with Crippen LogP contribution >= 0.6 is 7.60 Å². The van der Waals surface area contributed by atoms with Crippen LogP contribution in [0.25, 0.3) is 0 Å². The number of hydrogen-bond acceptors (Lipinski definition) is 7. The Morgan fingerprint density at radius 1 is 1.00 bits per heavy atom. The molecule has 0 rings (SSSR count). The molecule has 0 saturated carbocycles. The Morgan fingerprint density at radius 3 is 1.38 bits per heavy atom. The Kier molecular flexibility index (Phi) is 28.5. The summed E-state index contributed by atoms with van der Waals surface area (Å²) in [6.45, 7) is 0. The first-order valence-corrected chi connectivity index (χ1v) is 4.28. The van der Waals surface area contributed by atoms with E-state index in [9.17, 15) is 34.2 Å². The maximum absolute atomic E-state index is 10.1. The molecule has 0 spiro atoms. The molecule has 70 valence electrons. The van der Waals surface area contributed by atoms with Crippen molar-refractivity contribution in [2.24, 2.45) is 0 Å². The molecular formula is C4H3Na4O7P. The normalized spacial score (nSPS) is 10.4. The zero-order valence-corrected chi connectivity index (χ0v) is 18.5. The Labute approximate surface area is 180 Å². The minimum atomic E-state index is -5.47. The summed E-state index contributed by atoms with van der Waals surface area (Å²) < 4.78 is 10.1. The van der Waals surface area contributed by atoms with Gasteiger partial charge in [-0.1, -0.05) is 7.60 Å². The monoisotopic (exact) mass is 286 g/mol. The number of rotatable bonds is 4. The van der Waals surface area contributed by atoms with Gasteiger partial charge in [0.05, 0.1) is 0 Å². The van der Waals surface area contributed by atoms with E-state index in [0.717, 1.165) is 0 Å². The van der Waals surface area contributed by atoms with Crippen LogP contribution < -0.4 is 138 Å². The van der Waals surface area contributed by atoms with E-state index < -0.39 is 31.6 Å². The molecule has 0 aromatic rings. The van der Waals surface area contributed by atoms with Gasteiger partial charge in [-0.2, -0.15) is 0 Å². The summed E-state index contributed by atoms with van der Waals surface area (Å²) in [5.41, 5.74) is -2.55. The van der Waals surface area contributed by atoms with Crippen LogP contribution in [0.4, 0.5) is 0 Å². The van der Waals surface area contributed by atoms with Gasteiger partial charge in [0, 0.05) is 17.6 Å². The van der Waals surface area contributed by atoms with Crippen molar-refractivity contribution < 1.29 is 152 Å². The number of aliphatic carboxylic acids is 2. The van der Waals surface area contributed by atoms with Crippen LogP contribution in [0.5, 0.6) is 0 Å². The molecule has 0 aliphatic heterocycles. The minimum Gasteiger partial charge on any atom is -0.810 e. The van der Waals surface area contributed by atoms with Gasteiger partial charge >= 0.3 is 118 Å². The van der Waals surface area contributed by atoms with Crippen molar-refractivity contribution in [2.45, 2.75) is 12.1 Å². The van der Waals surface area contributed by atoms with E-state index in [0.29, 0.717) is 0 Å². The van der Waals surface area contributed by atoms with Gasteiger partial charge in [-0.05, 0) is 6.42 Å². The van der Waals surface area contributed by atoms with E-state index in [4.69, 9.17) is 0 Å². The second-order valence-corrected chi connectivity index (χ2v) is 3.65. The van der Waals surface area contributed by atoms with Crippen LogP contribution in [0.3, 0.4) is 0 Å². The van der Waals surface area contributed by atoms with E-state index in [1.807, 2.05) is 0 Å². The molecule has 0 N–H and O–H groups in total. The van der Waals surface area contributed by atoms with Gasteiger partial charge in [0.15, 0.2) is 0 Å². The van der Waals surface area contributed by atoms with Crippen LogP contribution in [-0.4, -0.2) is 17.6 Å². The van der Waals surface area contributed by atoms with Crippen molar-refractivity contribution in [3.05, 3.63) is 0 Å². The van der Waals surface area contributed by atoms with Gasteiger partial charge in [-0.3, -0.25) is 0 Å². The van der Waals surface area contributed by atoms with E-state index >= 15 is 0 Å². The summed E-state index contributed by atoms with van der Waals surface area (Å²) >= 11 is 0. The fourth-order valence-electron chi connectivity index (χ4n) is 0.482. The van der Waals surface area contributed by atoms with Crippen molar-refractivity contribution >= 4 is 19.5 Å². The van der Waals surface area contributed by atoms with E-state index in [1.165, 1.54) is 0 Å². The Balaban J connectivity index is -0.000000101. The number of carbonyl (C=O) groups is 2. The first kappa shape index (κ1) is 31.5. The van der Waals surface area contributed by atoms with E-state index in [-0.39, 0.29) is 118 Å². The van der Waals surface area contributed by atoms with Gasteiger partial charge < -0.3 is 34.2 Å². The summed E-state index contributed by atoms with van der Waals surface area (Å²) in [6.07, 6.45) is -1.38. The molecule has 0 bridgehead atoms. The molecule has 0 aliphatic carbocycles. The molecule has 16 heavy (non-hydrogen) atoms. The average molecular weight is 286 g/mol.